The fourth-order valence-electron chi connectivity index (χ4n) is 2.39. The number of carbonyl (C=O) groups is 1. The van der Waals surface area contributed by atoms with Crippen LogP contribution in [0.2, 0.25) is 0 Å². The van der Waals surface area contributed by atoms with Crippen LogP contribution in [0.25, 0.3) is 21.9 Å². The highest BCUT2D eigenvalue weighted by molar-refractivity contribution is 6.09. The van der Waals surface area contributed by atoms with Gasteiger partial charge in [0, 0.05) is 5.56 Å². The molecule has 0 aromatic heterocycles. The average Bonchev–Trinajstić information content (AvgIpc) is 2.47. The van der Waals surface area contributed by atoms with E-state index in [4.69, 9.17) is 0 Å². The Bertz CT molecular complexity index is 792. The molecular formula is C17H12O3. The zero-order chi connectivity index (χ0) is 14.1. The fraction of sp³-hybridized carbons (Fsp3) is 0. The van der Waals surface area contributed by atoms with Crippen molar-refractivity contribution < 1.29 is 15.0 Å². The van der Waals surface area contributed by atoms with Gasteiger partial charge in [0.2, 0.25) is 0 Å². The normalized spacial score (nSPS) is 10.6. The summed E-state index contributed by atoms with van der Waals surface area (Å²) in [7, 11) is 0. The highest BCUT2D eigenvalue weighted by Crippen LogP contribution is 2.37. The van der Waals surface area contributed by atoms with Gasteiger partial charge in [-0.2, -0.15) is 0 Å². The van der Waals surface area contributed by atoms with E-state index in [0.717, 1.165) is 10.9 Å². The average molecular weight is 264 g/mol. The van der Waals surface area contributed by atoms with E-state index in [1.54, 1.807) is 12.1 Å². The second-order valence-corrected chi connectivity index (χ2v) is 4.54. The zero-order valence-corrected chi connectivity index (χ0v) is 10.6. The second kappa shape index (κ2) is 4.70. The molecular weight excluding hydrogens is 252 g/mol. The number of aromatic hydroxyl groups is 1. The third-order valence-corrected chi connectivity index (χ3v) is 3.32. The van der Waals surface area contributed by atoms with Crippen molar-refractivity contribution in [1.82, 2.24) is 0 Å². The Morgan fingerprint density at radius 3 is 2.25 bits per heavy atom. The minimum absolute atomic E-state index is 0.0537. The molecule has 3 nitrogen and oxygen atoms in total. The number of hydrogen-bond acceptors (Lipinski definition) is 2. The van der Waals surface area contributed by atoms with Crippen LogP contribution < -0.4 is 0 Å². The smallest absolute Gasteiger partial charge is 0.340 e. The van der Waals surface area contributed by atoms with Gasteiger partial charge in [-0.3, -0.25) is 0 Å². The van der Waals surface area contributed by atoms with Gasteiger partial charge in [-0.05, 0) is 22.4 Å². The van der Waals surface area contributed by atoms with Crippen LogP contribution >= 0.6 is 0 Å². The predicted octanol–water partition coefficient (Wildman–Crippen LogP) is 3.91. The van der Waals surface area contributed by atoms with Gasteiger partial charge in [0.1, 0.15) is 11.3 Å². The summed E-state index contributed by atoms with van der Waals surface area (Å²) >= 11 is 0. The van der Waals surface area contributed by atoms with Crippen molar-refractivity contribution in [3.8, 4) is 16.9 Å². The number of benzene rings is 3. The Balaban J connectivity index is 2.40. The zero-order valence-electron chi connectivity index (χ0n) is 10.6. The molecule has 0 aliphatic rings. The van der Waals surface area contributed by atoms with Gasteiger partial charge in [0.15, 0.2) is 0 Å². The van der Waals surface area contributed by atoms with Gasteiger partial charge in [-0.1, -0.05) is 54.6 Å². The number of carboxylic acid groups (broad SMARTS) is 1. The molecule has 3 aromatic rings. The topological polar surface area (TPSA) is 57.5 Å². The summed E-state index contributed by atoms with van der Waals surface area (Å²) in [6.45, 7) is 0. The predicted molar refractivity (Wildman–Crippen MR) is 78.0 cm³/mol. The molecule has 0 aliphatic heterocycles. The molecule has 0 aliphatic carbocycles. The van der Waals surface area contributed by atoms with Crippen molar-refractivity contribution in [2.45, 2.75) is 0 Å². The highest BCUT2D eigenvalue weighted by Gasteiger charge is 2.18. The van der Waals surface area contributed by atoms with E-state index in [9.17, 15) is 15.0 Å². The SMILES string of the molecule is O=C(O)c1c(O)c(-c2ccccc2)cc2ccccc12. The number of aromatic carboxylic acids is 1. The molecule has 3 aromatic carbocycles. The van der Waals surface area contributed by atoms with Crippen molar-refractivity contribution in [3.05, 3.63) is 66.2 Å². The van der Waals surface area contributed by atoms with Crippen LogP contribution in [0.4, 0.5) is 0 Å². The molecule has 20 heavy (non-hydrogen) atoms. The van der Waals surface area contributed by atoms with Crippen LogP contribution in [0.3, 0.4) is 0 Å². The van der Waals surface area contributed by atoms with E-state index in [-0.39, 0.29) is 11.3 Å². The lowest BCUT2D eigenvalue weighted by Crippen LogP contribution is -1.99. The minimum atomic E-state index is -1.13. The van der Waals surface area contributed by atoms with Gasteiger partial charge in [0.25, 0.3) is 0 Å². The molecule has 0 heterocycles. The van der Waals surface area contributed by atoms with E-state index in [2.05, 4.69) is 0 Å². The summed E-state index contributed by atoms with van der Waals surface area (Å²) in [5.41, 5.74) is 1.27. The standard InChI is InChI=1S/C17H12O3/c18-16-14(11-6-2-1-3-7-11)10-12-8-4-5-9-13(12)15(16)17(19)20/h1-10,18H,(H,19,20). The molecule has 0 atom stereocenters. The maximum absolute atomic E-state index is 11.5. The van der Waals surface area contributed by atoms with Gasteiger partial charge in [-0.15, -0.1) is 0 Å². The molecule has 2 N–H and O–H groups in total. The van der Waals surface area contributed by atoms with Crippen molar-refractivity contribution >= 4 is 16.7 Å². The Hall–Kier alpha value is -2.81. The maximum Gasteiger partial charge on any atom is 0.340 e. The molecule has 3 rings (SSSR count). The molecule has 98 valence electrons. The molecule has 0 radical (unpaired) electrons. The number of phenols is 1. The van der Waals surface area contributed by atoms with E-state index >= 15 is 0 Å². The summed E-state index contributed by atoms with van der Waals surface area (Å²) in [5.74, 6) is -1.32. The Morgan fingerprint density at radius 1 is 0.900 bits per heavy atom. The van der Waals surface area contributed by atoms with Crippen molar-refractivity contribution in [2.24, 2.45) is 0 Å². The fourth-order valence-corrected chi connectivity index (χ4v) is 2.39. The first-order valence-electron chi connectivity index (χ1n) is 6.22. The Kier molecular flexibility index (Phi) is 2.88. The van der Waals surface area contributed by atoms with Crippen LogP contribution in [0.5, 0.6) is 5.75 Å². The molecule has 0 saturated carbocycles. The first-order valence-corrected chi connectivity index (χ1v) is 6.22. The Morgan fingerprint density at radius 2 is 1.55 bits per heavy atom. The number of rotatable bonds is 2. The molecule has 0 unspecified atom stereocenters. The van der Waals surface area contributed by atoms with Gasteiger partial charge >= 0.3 is 5.97 Å². The summed E-state index contributed by atoms with van der Waals surface area (Å²) in [5, 5.41) is 21.0. The van der Waals surface area contributed by atoms with Crippen LogP contribution in [0, 0.1) is 0 Å². The maximum atomic E-state index is 11.5. The van der Waals surface area contributed by atoms with Gasteiger partial charge < -0.3 is 10.2 Å². The minimum Gasteiger partial charge on any atom is -0.506 e. The van der Waals surface area contributed by atoms with Gasteiger partial charge in [-0.25, -0.2) is 4.79 Å². The third-order valence-electron chi connectivity index (χ3n) is 3.32. The number of hydrogen-bond donors (Lipinski definition) is 2. The largest absolute Gasteiger partial charge is 0.506 e. The van der Waals surface area contributed by atoms with Gasteiger partial charge in [0.05, 0.1) is 0 Å². The van der Waals surface area contributed by atoms with Crippen molar-refractivity contribution in [3.63, 3.8) is 0 Å². The van der Waals surface area contributed by atoms with Crippen molar-refractivity contribution in [1.29, 1.82) is 0 Å². The van der Waals surface area contributed by atoms with Crippen LogP contribution in [0.1, 0.15) is 10.4 Å². The lowest BCUT2D eigenvalue weighted by molar-refractivity contribution is 0.0696. The lowest BCUT2D eigenvalue weighted by atomic mass is 9.95. The summed E-state index contributed by atoms with van der Waals surface area (Å²) in [6, 6.07) is 18.2. The van der Waals surface area contributed by atoms with Crippen LogP contribution in [-0.2, 0) is 0 Å². The van der Waals surface area contributed by atoms with Crippen LogP contribution in [0.15, 0.2) is 60.7 Å². The molecule has 0 bridgehead atoms. The summed E-state index contributed by atoms with van der Waals surface area (Å²) in [4.78, 5) is 11.5. The molecule has 0 spiro atoms. The molecule has 3 heteroatoms. The summed E-state index contributed by atoms with van der Waals surface area (Å²) in [6.07, 6.45) is 0. The first kappa shape index (κ1) is 12.2. The van der Waals surface area contributed by atoms with Crippen molar-refractivity contribution in [2.75, 3.05) is 0 Å². The second-order valence-electron chi connectivity index (χ2n) is 4.54. The van der Waals surface area contributed by atoms with E-state index in [1.165, 1.54) is 0 Å². The lowest BCUT2D eigenvalue weighted by Gasteiger charge is -2.11. The quantitative estimate of drug-likeness (QED) is 0.737. The van der Waals surface area contributed by atoms with Crippen LogP contribution in [-0.4, -0.2) is 16.2 Å². The van der Waals surface area contributed by atoms with E-state index < -0.39 is 5.97 Å². The molecule has 0 fully saturated rings. The number of fused-ring (bicyclic) bond motifs is 1. The number of carboxylic acids is 1. The summed E-state index contributed by atoms with van der Waals surface area (Å²) < 4.78 is 0. The molecule has 0 amide bonds. The third kappa shape index (κ3) is 1.89. The first-order chi connectivity index (χ1) is 9.68. The van der Waals surface area contributed by atoms with E-state index in [1.807, 2.05) is 48.5 Å². The monoisotopic (exact) mass is 264 g/mol. The van der Waals surface area contributed by atoms with E-state index in [0.29, 0.717) is 10.9 Å². The Labute approximate surface area is 115 Å². The highest BCUT2D eigenvalue weighted by atomic mass is 16.4. The molecule has 0 saturated heterocycles.